The van der Waals surface area contributed by atoms with E-state index >= 15 is 0 Å². The van der Waals surface area contributed by atoms with Crippen LogP contribution in [0.2, 0.25) is 5.02 Å². The minimum atomic E-state index is -0.429. The summed E-state index contributed by atoms with van der Waals surface area (Å²) in [6.45, 7) is 0. The van der Waals surface area contributed by atoms with E-state index in [0.717, 1.165) is 0 Å². The summed E-state index contributed by atoms with van der Waals surface area (Å²) in [5.74, 6) is 0.613. The van der Waals surface area contributed by atoms with Crippen molar-refractivity contribution in [2.45, 2.75) is 0 Å². The van der Waals surface area contributed by atoms with Gasteiger partial charge in [0.05, 0.1) is 38.2 Å². The maximum atomic E-state index is 11.4. The number of esters is 1. The fraction of sp³-hybridized carbons (Fsp3) is 0.231. The Morgan fingerprint density at radius 3 is 2.57 bits per heavy atom. The molecule has 1 aromatic heterocycles. The number of ether oxygens (including phenoxy) is 3. The highest BCUT2D eigenvalue weighted by Gasteiger charge is 2.14. The summed E-state index contributed by atoms with van der Waals surface area (Å²) in [6.07, 6.45) is 1.44. The van der Waals surface area contributed by atoms with Gasteiger partial charge in [-0.15, -0.1) is 0 Å². The van der Waals surface area contributed by atoms with Crippen LogP contribution in [-0.2, 0) is 4.74 Å². The van der Waals surface area contributed by atoms with Gasteiger partial charge in [-0.3, -0.25) is 0 Å². The molecule has 0 aliphatic rings. The predicted octanol–water partition coefficient (Wildman–Crippen LogP) is 3.34. The van der Waals surface area contributed by atoms with Gasteiger partial charge in [0.2, 0.25) is 0 Å². The highest BCUT2D eigenvalue weighted by atomic mass is 35.5. The molecule has 6 nitrogen and oxygen atoms in total. The molecule has 0 atom stereocenters. The second-order valence-electron chi connectivity index (χ2n) is 3.83. The molecule has 1 aromatic carbocycles. The van der Waals surface area contributed by atoms with Crippen LogP contribution in [0.4, 0.5) is 10.8 Å². The third-order valence-electron chi connectivity index (χ3n) is 2.61. The Bertz CT molecular complexity index is 660. The number of hydrogen-bond acceptors (Lipinski definition) is 7. The normalized spacial score (nSPS) is 10.1. The molecule has 0 amide bonds. The number of thiazole rings is 1. The summed E-state index contributed by atoms with van der Waals surface area (Å²) in [5.41, 5.74) is 0.629. The van der Waals surface area contributed by atoms with Crippen LogP contribution in [0.1, 0.15) is 9.67 Å². The molecule has 0 fully saturated rings. The van der Waals surface area contributed by atoms with Crippen molar-refractivity contribution in [3.63, 3.8) is 0 Å². The Kier molecular flexibility index (Phi) is 4.87. The first kappa shape index (κ1) is 15.4. The minimum Gasteiger partial charge on any atom is -0.495 e. The fourth-order valence-electron chi connectivity index (χ4n) is 1.60. The molecule has 0 radical (unpaired) electrons. The lowest BCUT2D eigenvalue weighted by Gasteiger charge is -2.12. The number of rotatable bonds is 5. The number of benzene rings is 1. The maximum absolute atomic E-state index is 11.4. The van der Waals surface area contributed by atoms with Crippen LogP contribution >= 0.6 is 22.9 Å². The molecule has 21 heavy (non-hydrogen) atoms. The number of hydrogen-bond donors (Lipinski definition) is 1. The van der Waals surface area contributed by atoms with Crippen LogP contribution in [0.3, 0.4) is 0 Å². The van der Waals surface area contributed by atoms with Crippen molar-refractivity contribution in [3.8, 4) is 11.5 Å². The fourth-order valence-corrected chi connectivity index (χ4v) is 2.58. The largest absolute Gasteiger partial charge is 0.495 e. The highest BCUT2D eigenvalue weighted by molar-refractivity contribution is 7.17. The Morgan fingerprint density at radius 1 is 1.24 bits per heavy atom. The van der Waals surface area contributed by atoms with Gasteiger partial charge < -0.3 is 19.5 Å². The number of halogens is 1. The molecule has 2 rings (SSSR count). The van der Waals surface area contributed by atoms with Gasteiger partial charge in [-0.1, -0.05) is 22.9 Å². The van der Waals surface area contributed by atoms with E-state index in [0.29, 0.717) is 32.2 Å². The quantitative estimate of drug-likeness (QED) is 0.849. The van der Waals surface area contributed by atoms with Crippen molar-refractivity contribution in [2.75, 3.05) is 26.6 Å². The summed E-state index contributed by atoms with van der Waals surface area (Å²) >= 11 is 7.21. The van der Waals surface area contributed by atoms with Crippen LogP contribution in [0.5, 0.6) is 11.5 Å². The zero-order chi connectivity index (χ0) is 15.4. The first-order chi connectivity index (χ1) is 10.1. The van der Waals surface area contributed by atoms with Crippen LogP contribution < -0.4 is 14.8 Å². The molecule has 0 aliphatic carbocycles. The van der Waals surface area contributed by atoms with E-state index in [1.807, 2.05) is 0 Å². The maximum Gasteiger partial charge on any atom is 0.349 e. The standard InChI is InChI=1S/C13H13ClN2O4S/c1-18-9-5-8(10(19-2)4-7(9)14)16-13-15-6-11(21-13)12(17)20-3/h4-6H,1-3H3,(H,15,16). The minimum absolute atomic E-state index is 0.403. The monoisotopic (exact) mass is 328 g/mol. The average Bonchev–Trinajstić information content (AvgIpc) is 2.96. The van der Waals surface area contributed by atoms with Gasteiger partial charge in [0.1, 0.15) is 16.4 Å². The van der Waals surface area contributed by atoms with Gasteiger partial charge in [-0.2, -0.15) is 0 Å². The Hall–Kier alpha value is -1.99. The Balaban J connectivity index is 2.30. The highest BCUT2D eigenvalue weighted by Crippen LogP contribution is 2.37. The van der Waals surface area contributed by atoms with Crippen LogP contribution in [-0.4, -0.2) is 32.3 Å². The molecular weight excluding hydrogens is 316 g/mol. The van der Waals surface area contributed by atoms with Crippen molar-refractivity contribution in [2.24, 2.45) is 0 Å². The van der Waals surface area contributed by atoms with Gasteiger partial charge in [0.25, 0.3) is 0 Å². The summed E-state index contributed by atoms with van der Waals surface area (Å²) < 4.78 is 15.1. The lowest BCUT2D eigenvalue weighted by Crippen LogP contribution is -1.97. The zero-order valence-corrected chi connectivity index (χ0v) is 13.2. The zero-order valence-electron chi connectivity index (χ0n) is 11.6. The Morgan fingerprint density at radius 2 is 1.95 bits per heavy atom. The number of aromatic nitrogens is 1. The lowest BCUT2D eigenvalue weighted by atomic mass is 10.2. The molecule has 8 heteroatoms. The van der Waals surface area contributed by atoms with Gasteiger partial charge in [-0.25, -0.2) is 9.78 Å². The summed E-state index contributed by atoms with van der Waals surface area (Å²) in [7, 11) is 4.38. The molecule has 0 bridgehead atoms. The third-order valence-corrected chi connectivity index (χ3v) is 3.80. The Labute approximate surface area is 130 Å². The first-order valence-electron chi connectivity index (χ1n) is 5.81. The summed E-state index contributed by atoms with van der Waals surface area (Å²) in [6, 6.07) is 3.33. The molecular formula is C13H13ClN2O4S. The number of nitrogens with zero attached hydrogens (tertiary/aromatic N) is 1. The molecule has 1 heterocycles. The van der Waals surface area contributed by atoms with Crippen molar-refractivity contribution < 1.29 is 19.0 Å². The molecule has 112 valence electrons. The summed E-state index contributed by atoms with van der Waals surface area (Å²) in [4.78, 5) is 15.9. The average molecular weight is 329 g/mol. The van der Waals surface area contributed by atoms with E-state index in [-0.39, 0.29) is 0 Å². The van der Waals surface area contributed by atoms with Crippen molar-refractivity contribution in [3.05, 3.63) is 28.2 Å². The third kappa shape index (κ3) is 3.37. The van der Waals surface area contributed by atoms with Crippen LogP contribution in [0, 0.1) is 0 Å². The molecule has 0 saturated heterocycles. The molecule has 0 spiro atoms. The predicted molar refractivity (Wildman–Crippen MR) is 81.3 cm³/mol. The lowest BCUT2D eigenvalue weighted by molar-refractivity contribution is 0.0606. The van der Waals surface area contributed by atoms with E-state index in [4.69, 9.17) is 21.1 Å². The first-order valence-corrected chi connectivity index (χ1v) is 7.01. The number of carbonyl (C=O) groups is 1. The van der Waals surface area contributed by atoms with E-state index in [1.165, 1.54) is 38.9 Å². The van der Waals surface area contributed by atoms with E-state index in [2.05, 4.69) is 15.0 Å². The van der Waals surface area contributed by atoms with Crippen molar-refractivity contribution in [1.82, 2.24) is 4.98 Å². The SMILES string of the molecule is COC(=O)c1cnc(Nc2cc(OC)c(Cl)cc2OC)s1. The second-order valence-corrected chi connectivity index (χ2v) is 5.27. The molecule has 1 N–H and O–H groups in total. The topological polar surface area (TPSA) is 69.7 Å². The number of nitrogens with one attached hydrogen (secondary N) is 1. The van der Waals surface area contributed by atoms with Crippen molar-refractivity contribution in [1.29, 1.82) is 0 Å². The number of carbonyl (C=O) groups excluding carboxylic acids is 1. The molecule has 0 aliphatic heterocycles. The van der Waals surface area contributed by atoms with Crippen LogP contribution in [0.25, 0.3) is 0 Å². The van der Waals surface area contributed by atoms with Gasteiger partial charge in [0.15, 0.2) is 5.13 Å². The smallest absolute Gasteiger partial charge is 0.349 e. The van der Waals surface area contributed by atoms with E-state index in [9.17, 15) is 4.79 Å². The summed E-state index contributed by atoms with van der Waals surface area (Å²) in [5, 5.41) is 4.03. The van der Waals surface area contributed by atoms with Gasteiger partial charge in [0, 0.05) is 12.1 Å². The molecule has 0 unspecified atom stereocenters. The van der Waals surface area contributed by atoms with E-state index < -0.39 is 5.97 Å². The second kappa shape index (κ2) is 6.64. The van der Waals surface area contributed by atoms with Gasteiger partial charge >= 0.3 is 5.97 Å². The van der Waals surface area contributed by atoms with Crippen molar-refractivity contribution >= 4 is 39.7 Å². The van der Waals surface area contributed by atoms with E-state index in [1.54, 1.807) is 12.1 Å². The molecule has 2 aromatic rings. The van der Waals surface area contributed by atoms with Gasteiger partial charge in [-0.05, 0) is 0 Å². The molecule has 0 saturated carbocycles. The number of anilines is 2. The van der Waals surface area contributed by atoms with Crippen LogP contribution in [0.15, 0.2) is 18.3 Å². The number of methoxy groups -OCH3 is 3.